The third-order valence-electron chi connectivity index (χ3n) is 3.31. The summed E-state index contributed by atoms with van der Waals surface area (Å²) in [5.41, 5.74) is 2.37. The first kappa shape index (κ1) is 15.0. The lowest BCUT2D eigenvalue weighted by Gasteiger charge is -2.17. The molecular weight excluding hydrogens is 274 g/mol. The molecule has 20 heavy (non-hydrogen) atoms. The number of hydrogen-bond acceptors (Lipinski definition) is 3. The molecule has 1 aromatic carbocycles. The summed E-state index contributed by atoms with van der Waals surface area (Å²) >= 11 is 5.93. The lowest BCUT2D eigenvalue weighted by atomic mass is 10.1. The van der Waals surface area contributed by atoms with Gasteiger partial charge in [-0.3, -0.25) is 0 Å². The highest BCUT2D eigenvalue weighted by atomic mass is 35.5. The van der Waals surface area contributed by atoms with Crippen LogP contribution in [0.1, 0.15) is 24.2 Å². The molecule has 1 atom stereocenters. The first-order valence-corrected chi connectivity index (χ1v) is 7.06. The number of nitrogens with one attached hydrogen (secondary N) is 1. The number of aromatic nitrogens is 2. The van der Waals surface area contributed by atoms with Crippen LogP contribution in [-0.2, 0) is 11.3 Å². The first-order chi connectivity index (χ1) is 9.72. The summed E-state index contributed by atoms with van der Waals surface area (Å²) in [5.74, 6) is 0. The van der Waals surface area contributed by atoms with E-state index in [2.05, 4.69) is 33.9 Å². The molecule has 1 unspecified atom stereocenters. The van der Waals surface area contributed by atoms with Crippen LogP contribution in [0.25, 0.3) is 0 Å². The molecule has 0 aliphatic carbocycles. The van der Waals surface area contributed by atoms with Crippen molar-refractivity contribution in [2.75, 3.05) is 20.3 Å². The topological polar surface area (TPSA) is 39.1 Å². The van der Waals surface area contributed by atoms with Crippen molar-refractivity contribution in [1.29, 1.82) is 0 Å². The van der Waals surface area contributed by atoms with Crippen molar-refractivity contribution in [2.24, 2.45) is 0 Å². The molecule has 0 amide bonds. The van der Waals surface area contributed by atoms with Crippen molar-refractivity contribution in [3.63, 3.8) is 0 Å². The van der Waals surface area contributed by atoms with E-state index in [0.29, 0.717) is 6.61 Å². The molecule has 0 radical (unpaired) electrons. The zero-order chi connectivity index (χ0) is 14.4. The van der Waals surface area contributed by atoms with Gasteiger partial charge >= 0.3 is 0 Å². The number of methoxy groups -OCH3 is 1. The minimum absolute atomic E-state index is 0.231. The van der Waals surface area contributed by atoms with E-state index in [1.165, 1.54) is 5.56 Å². The average molecular weight is 294 g/mol. The predicted octanol–water partition coefficient (Wildman–Crippen LogP) is 2.88. The van der Waals surface area contributed by atoms with Crippen molar-refractivity contribution in [3.05, 3.63) is 53.1 Å². The van der Waals surface area contributed by atoms with Gasteiger partial charge in [-0.1, -0.05) is 23.7 Å². The highest BCUT2D eigenvalue weighted by molar-refractivity contribution is 6.30. The summed E-state index contributed by atoms with van der Waals surface area (Å²) in [6, 6.07) is 8.17. The molecule has 0 saturated carbocycles. The SMILES string of the molecule is COCCNCc1cncn1C(C)c1ccc(Cl)cc1. The summed E-state index contributed by atoms with van der Waals surface area (Å²) in [4.78, 5) is 4.25. The largest absolute Gasteiger partial charge is 0.383 e. The van der Waals surface area contributed by atoms with Crippen LogP contribution in [0.4, 0.5) is 0 Å². The van der Waals surface area contributed by atoms with Crippen LogP contribution in [0.2, 0.25) is 5.02 Å². The van der Waals surface area contributed by atoms with Gasteiger partial charge in [0.2, 0.25) is 0 Å². The van der Waals surface area contributed by atoms with Crippen LogP contribution in [0.15, 0.2) is 36.8 Å². The highest BCUT2D eigenvalue weighted by Crippen LogP contribution is 2.21. The maximum Gasteiger partial charge on any atom is 0.0954 e. The van der Waals surface area contributed by atoms with Crippen LogP contribution < -0.4 is 5.32 Å². The number of nitrogens with zero attached hydrogens (tertiary/aromatic N) is 2. The van der Waals surface area contributed by atoms with Crippen LogP contribution >= 0.6 is 11.6 Å². The zero-order valence-electron chi connectivity index (χ0n) is 11.8. The van der Waals surface area contributed by atoms with E-state index in [0.717, 1.165) is 23.8 Å². The van der Waals surface area contributed by atoms with E-state index < -0.39 is 0 Å². The molecule has 0 fully saturated rings. The van der Waals surface area contributed by atoms with E-state index >= 15 is 0 Å². The molecule has 2 aromatic rings. The van der Waals surface area contributed by atoms with Gasteiger partial charge in [0.1, 0.15) is 0 Å². The van der Waals surface area contributed by atoms with Gasteiger partial charge in [0.25, 0.3) is 0 Å². The fourth-order valence-electron chi connectivity index (χ4n) is 2.11. The second-order valence-electron chi connectivity index (χ2n) is 4.69. The molecule has 5 heteroatoms. The predicted molar refractivity (Wildman–Crippen MR) is 81.1 cm³/mol. The summed E-state index contributed by atoms with van der Waals surface area (Å²) in [5, 5.41) is 4.10. The second-order valence-corrected chi connectivity index (χ2v) is 5.13. The second kappa shape index (κ2) is 7.43. The quantitative estimate of drug-likeness (QED) is 0.798. The summed E-state index contributed by atoms with van der Waals surface area (Å²) in [6.07, 6.45) is 3.76. The van der Waals surface area contributed by atoms with Crippen LogP contribution in [0.5, 0.6) is 0 Å². The van der Waals surface area contributed by atoms with Gasteiger partial charge in [-0.25, -0.2) is 4.98 Å². The third kappa shape index (κ3) is 3.82. The van der Waals surface area contributed by atoms with Gasteiger partial charge in [-0.15, -0.1) is 0 Å². The van der Waals surface area contributed by atoms with E-state index in [4.69, 9.17) is 16.3 Å². The summed E-state index contributed by atoms with van der Waals surface area (Å²) < 4.78 is 7.19. The molecule has 0 spiro atoms. The molecule has 0 aliphatic rings. The Balaban J connectivity index is 2.04. The molecule has 0 aliphatic heterocycles. The van der Waals surface area contributed by atoms with E-state index in [-0.39, 0.29) is 6.04 Å². The van der Waals surface area contributed by atoms with Crippen molar-refractivity contribution < 1.29 is 4.74 Å². The number of imidazole rings is 1. The molecule has 4 nitrogen and oxygen atoms in total. The first-order valence-electron chi connectivity index (χ1n) is 6.68. The fraction of sp³-hybridized carbons (Fsp3) is 0.400. The molecule has 2 rings (SSSR count). The van der Waals surface area contributed by atoms with Gasteiger partial charge < -0.3 is 14.6 Å². The van der Waals surface area contributed by atoms with Crippen molar-refractivity contribution in [2.45, 2.75) is 19.5 Å². The highest BCUT2D eigenvalue weighted by Gasteiger charge is 2.11. The summed E-state index contributed by atoms with van der Waals surface area (Å²) in [6.45, 7) is 4.47. The Morgan fingerprint density at radius 2 is 2.10 bits per heavy atom. The van der Waals surface area contributed by atoms with Gasteiger partial charge in [-0.05, 0) is 24.6 Å². The van der Waals surface area contributed by atoms with E-state index in [9.17, 15) is 0 Å². The number of benzene rings is 1. The third-order valence-corrected chi connectivity index (χ3v) is 3.56. The van der Waals surface area contributed by atoms with Crippen molar-refractivity contribution in [1.82, 2.24) is 14.9 Å². The van der Waals surface area contributed by atoms with Crippen molar-refractivity contribution in [3.8, 4) is 0 Å². The maximum absolute atomic E-state index is 5.93. The van der Waals surface area contributed by atoms with Gasteiger partial charge in [-0.2, -0.15) is 0 Å². The Morgan fingerprint density at radius 1 is 1.35 bits per heavy atom. The molecule has 0 saturated heterocycles. The minimum Gasteiger partial charge on any atom is -0.383 e. The Bertz CT molecular complexity index is 524. The number of hydrogen-bond donors (Lipinski definition) is 1. The maximum atomic E-state index is 5.93. The zero-order valence-corrected chi connectivity index (χ0v) is 12.6. The van der Waals surface area contributed by atoms with Crippen LogP contribution in [0, 0.1) is 0 Å². The van der Waals surface area contributed by atoms with Crippen molar-refractivity contribution >= 4 is 11.6 Å². The van der Waals surface area contributed by atoms with Crippen LogP contribution in [-0.4, -0.2) is 29.8 Å². The van der Waals surface area contributed by atoms with Crippen LogP contribution in [0.3, 0.4) is 0 Å². The molecule has 1 N–H and O–H groups in total. The average Bonchev–Trinajstić information content (AvgIpc) is 2.92. The lowest BCUT2D eigenvalue weighted by molar-refractivity contribution is 0.199. The molecule has 1 aromatic heterocycles. The van der Waals surface area contributed by atoms with Gasteiger partial charge in [0.15, 0.2) is 0 Å². The molecule has 108 valence electrons. The minimum atomic E-state index is 0.231. The van der Waals surface area contributed by atoms with Gasteiger partial charge in [0, 0.05) is 31.4 Å². The standard InChI is InChI=1S/C15H20ClN3O/c1-12(13-3-5-14(16)6-4-13)19-11-18-10-15(19)9-17-7-8-20-2/h3-6,10-12,17H,7-9H2,1-2H3. The Morgan fingerprint density at radius 3 is 2.80 bits per heavy atom. The number of halogens is 1. The van der Waals surface area contributed by atoms with E-state index in [1.54, 1.807) is 7.11 Å². The fourth-order valence-corrected chi connectivity index (χ4v) is 2.24. The Hall–Kier alpha value is -1.36. The number of rotatable bonds is 7. The Kier molecular flexibility index (Phi) is 5.59. The molecular formula is C15H20ClN3O. The van der Waals surface area contributed by atoms with E-state index in [1.807, 2.05) is 24.7 Å². The smallest absolute Gasteiger partial charge is 0.0954 e. The summed E-state index contributed by atoms with van der Waals surface area (Å²) in [7, 11) is 1.70. The normalized spacial score (nSPS) is 12.6. The van der Waals surface area contributed by atoms with Gasteiger partial charge in [0.05, 0.1) is 24.7 Å². The lowest BCUT2D eigenvalue weighted by Crippen LogP contribution is -2.21. The molecule has 0 bridgehead atoms. The Labute approximate surface area is 124 Å². The monoisotopic (exact) mass is 293 g/mol. The molecule has 1 heterocycles. The number of ether oxygens (including phenoxy) is 1.